The second-order valence-electron chi connectivity index (χ2n) is 7.25. The lowest BCUT2D eigenvalue weighted by Crippen LogP contribution is -2.10. The third-order valence-electron chi connectivity index (χ3n) is 4.43. The van der Waals surface area contributed by atoms with Crippen molar-refractivity contribution in [2.24, 2.45) is 5.92 Å². The first kappa shape index (κ1) is 20.2. The summed E-state index contributed by atoms with van der Waals surface area (Å²) >= 11 is 0. The van der Waals surface area contributed by atoms with Gasteiger partial charge in [-0.2, -0.15) is 5.10 Å². The molecule has 0 radical (unpaired) electrons. The number of rotatable bonds is 5. The molecule has 0 aliphatic carbocycles. The lowest BCUT2D eigenvalue weighted by molar-refractivity contribution is -0.122. The number of hydrogen-bond acceptors (Lipinski definition) is 5. The minimum atomic E-state index is -0.250. The predicted molar refractivity (Wildman–Crippen MR) is 109 cm³/mol. The van der Waals surface area contributed by atoms with Gasteiger partial charge in [0.1, 0.15) is 5.82 Å². The molecular formula is C20H25N7O2. The number of aryl methyl sites for hydroxylation is 2. The van der Waals surface area contributed by atoms with Gasteiger partial charge in [-0.15, -0.1) is 0 Å². The maximum atomic E-state index is 8.36. The van der Waals surface area contributed by atoms with Gasteiger partial charge in [-0.05, 0) is 25.8 Å². The summed E-state index contributed by atoms with van der Waals surface area (Å²) in [5.74, 6) is 1.44. The Balaban J connectivity index is 0.000000755. The van der Waals surface area contributed by atoms with Gasteiger partial charge in [0.2, 0.25) is 0 Å². The number of nitrogens with zero attached hydrogens (tertiary/aromatic N) is 7. The quantitative estimate of drug-likeness (QED) is 0.521. The molecule has 0 unspecified atom stereocenters. The lowest BCUT2D eigenvalue weighted by Gasteiger charge is -2.12. The maximum absolute atomic E-state index is 8.36. The zero-order valence-corrected chi connectivity index (χ0v) is 17.0. The Hall–Kier alpha value is -3.49. The van der Waals surface area contributed by atoms with Crippen LogP contribution in [0, 0.1) is 19.8 Å². The first-order valence-electron chi connectivity index (χ1n) is 9.35. The van der Waals surface area contributed by atoms with E-state index in [0.29, 0.717) is 12.5 Å². The van der Waals surface area contributed by atoms with Gasteiger partial charge in [-0.3, -0.25) is 4.79 Å². The van der Waals surface area contributed by atoms with Crippen molar-refractivity contribution in [3.8, 4) is 11.4 Å². The van der Waals surface area contributed by atoms with Crippen LogP contribution in [0.1, 0.15) is 30.9 Å². The SMILES string of the molecule is Cc1cc(C)n2ncc(-c3nccn3Cc3cncn3CC(C)C)c2n1.O=CO. The van der Waals surface area contributed by atoms with E-state index in [4.69, 9.17) is 9.90 Å². The molecule has 0 spiro atoms. The van der Waals surface area contributed by atoms with Crippen LogP contribution in [0.4, 0.5) is 0 Å². The van der Waals surface area contributed by atoms with Gasteiger partial charge in [0.25, 0.3) is 6.47 Å². The van der Waals surface area contributed by atoms with Crippen molar-refractivity contribution in [3.05, 3.63) is 54.3 Å². The number of aromatic nitrogens is 7. The largest absolute Gasteiger partial charge is 0.483 e. The van der Waals surface area contributed by atoms with Crippen molar-refractivity contribution >= 4 is 12.1 Å². The van der Waals surface area contributed by atoms with Crippen molar-refractivity contribution in [2.75, 3.05) is 0 Å². The minimum Gasteiger partial charge on any atom is -0.483 e. The summed E-state index contributed by atoms with van der Waals surface area (Å²) in [7, 11) is 0. The Kier molecular flexibility index (Phi) is 6.06. The number of carboxylic acid groups (broad SMARTS) is 1. The van der Waals surface area contributed by atoms with Crippen LogP contribution in [0.2, 0.25) is 0 Å². The Morgan fingerprint density at radius 3 is 2.69 bits per heavy atom. The van der Waals surface area contributed by atoms with E-state index >= 15 is 0 Å². The maximum Gasteiger partial charge on any atom is 0.290 e. The average molecular weight is 395 g/mol. The van der Waals surface area contributed by atoms with E-state index in [9.17, 15) is 0 Å². The topological polar surface area (TPSA) is 103 Å². The van der Waals surface area contributed by atoms with Crippen LogP contribution in [0.5, 0.6) is 0 Å². The summed E-state index contributed by atoms with van der Waals surface area (Å²) in [6, 6.07) is 2.03. The molecule has 29 heavy (non-hydrogen) atoms. The molecule has 4 aromatic heterocycles. The van der Waals surface area contributed by atoms with Gasteiger partial charge in [0.15, 0.2) is 5.65 Å². The molecule has 152 valence electrons. The number of imidazole rings is 2. The average Bonchev–Trinajstić information content (AvgIpc) is 3.36. The molecule has 9 nitrogen and oxygen atoms in total. The molecule has 0 atom stereocenters. The van der Waals surface area contributed by atoms with Crippen LogP contribution in [-0.4, -0.2) is 45.3 Å². The second kappa shape index (κ2) is 8.68. The van der Waals surface area contributed by atoms with Crippen molar-refractivity contribution in [3.63, 3.8) is 0 Å². The highest BCUT2D eigenvalue weighted by Crippen LogP contribution is 2.24. The van der Waals surface area contributed by atoms with E-state index in [0.717, 1.165) is 40.7 Å². The highest BCUT2D eigenvalue weighted by molar-refractivity contribution is 5.72. The van der Waals surface area contributed by atoms with Crippen molar-refractivity contribution in [2.45, 2.75) is 40.8 Å². The second-order valence-corrected chi connectivity index (χ2v) is 7.25. The van der Waals surface area contributed by atoms with E-state index in [1.165, 1.54) is 0 Å². The Labute approximate surface area is 168 Å². The summed E-state index contributed by atoms with van der Waals surface area (Å²) in [6.45, 7) is 9.87. The highest BCUT2D eigenvalue weighted by atomic mass is 16.3. The number of carbonyl (C=O) groups is 1. The Morgan fingerprint density at radius 2 is 1.97 bits per heavy atom. The van der Waals surface area contributed by atoms with Gasteiger partial charge in [-0.25, -0.2) is 19.5 Å². The van der Waals surface area contributed by atoms with E-state index in [-0.39, 0.29) is 6.47 Å². The van der Waals surface area contributed by atoms with E-state index in [2.05, 4.69) is 43.0 Å². The summed E-state index contributed by atoms with van der Waals surface area (Å²) < 4.78 is 6.20. The molecule has 0 aliphatic rings. The fourth-order valence-electron chi connectivity index (χ4n) is 3.32. The molecule has 4 rings (SSSR count). The summed E-state index contributed by atoms with van der Waals surface area (Å²) in [6.07, 6.45) is 9.49. The monoisotopic (exact) mass is 395 g/mol. The first-order valence-corrected chi connectivity index (χ1v) is 9.35. The molecule has 0 fully saturated rings. The molecule has 4 aromatic rings. The number of hydrogen-bond donors (Lipinski definition) is 1. The zero-order valence-electron chi connectivity index (χ0n) is 17.0. The molecular weight excluding hydrogens is 370 g/mol. The Bertz CT molecular complexity index is 1110. The molecule has 0 aliphatic heterocycles. The molecule has 4 heterocycles. The molecule has 0 bridgehead atoms. The lowest BCUT2D eigenvalue weighted by atomic mass is 10.2. The molecule has 1 N–H and O–H groups in total. The molecule has 0 amide bonds. The van der Waals surface area contributed by atoms with E-state index in [1.54, 1.807) is 0 Å². The van der Waals surface area contributed by atoms with Crippen LogP contribution in [0.15, 0.2) is 37.2 Å². The zero-order chi connectivity index (χ0) is 21.0. The van der Waals surface area contributed by atoms with E-state index < -0.39 is 0 Å². The number of fused-ring (bicyclic) bond motifs is 1. The highest BCUT2D eigenvalue weighted by Gasteiger charge is 2.16. The summed E-state index contributed by atoms with van der Waals surface area (Å²) in [5.41, 5.74) is 4.98. The Morgan fingerprint density at radius 1 is 1.21 bits per heavy atom. The fraction of sp³-hybridized carbons (Fsp3) is 0.350. The molecule has 0 saturated heterocycles. The minimum absolute atomic E-state index is 0.250. The molecule has 0 aromatic carbocycles. The molecule has 0 saturated carbocycles. The van der Waals surface area contributed by atoms with Gasteiger partial charge in [0, 0.05) is 36.5 Å². The standard InChI is InChI=1S/C19H23N7.CH2O2/c1-13(2)10-25-12-20-8-16(25)11-24-6-5-21-18(24)17-9-22-26-15(4)7-14(3)23-19(17)26;2-1-3/h5-9,12-13H,10-11H2,1-4H3;1H,(H,2,3). The van der Waals surface area contributed by atoms with E-state index in [1.807, 2.05) is 55.5 Å². The van der Waals surface area contributed by atoms with Crippen LogP contribution >= 0.6 is 0 Å². The van der Waals surface area contributed by atoms with Crippen LogP contribution in [0.25, 0.3) is 17.0 Å². The summed E-state index contributed by atoms with van der Waals surface area (Å²) in [5, 5.41) is 11.4. The third kappa shape index (κ3) is 4.34. The molecule has 9 heteroatoms. The van der Waals surface area contributed by atoms with Gasteiger partial charge < -0.3 is 14.2 Å². The van der Waals surface area contributed by atoms with Crippen molar-refractivity contribution in [1.82, 2.24) is 33.7 Å². The van der Waals surface area contributed by atoms with Crippen LogP contribution in [0.3, 0.4) is 0 Å². The van der Waals surface area contributed by atoms with Crippen molar-refractivity contribution < 1.29 is 9.90 Å². The predicted octanol–water partition coefficient (Wildman–Crippen LogP) is 2.81. The van der Waals surface area contributed by atoms with Crippen molar-refractivity contribution in [1.29, 1.82) is 0 Å². The van der Waals surface area contributed by atoms with Crippen LogP contribution < -0.4 is 0 Å². The van der Waals surface area contributed by atoms with Gasteiger partial charge in [-0.1, -0.05) is 13.8 Å². The third-order valence-corrected chi connectivity index (χ3v) is 4.43. The first-order chi connectivity index (χ1) is 13.9. The smallest absolute Gasteiger partial charge is 0.290 e. The van der Waals surface area contributed by atoms with Gasteiger partial charge >= 0.3 is 0 Å². The van der Waals surface area contributed by atoms with Crippen LogP contribution in [-0.2, 0) is 17.9 Å². The summed E-state index contributed by atoms with van der Waals surface area (Å²) in [4.78, 5) is 21.9. The normalized spacial score (nSPS) is 10.9. The van der Waals surface area contributed by atoms with Gasteiger partial charge in [0.05, 0.1) is 30.3 Å². The fourth-order valence-corrected chi connectivity index (χ4v) is 3.32.